The van der Waals surface area contributed by atoms with Crippen molar-refractivity contribution >= 4 is 16.6 Å². The quantitative estimate of drug-likeness (QED) is 0.720. The first-order valence-corrected chi connectivity index (χ1v) is 7.78. The molecule has 1 unspecified atom stereocenters. The van der Waals surface area contributed by atoms with Crippen LogP contribution in [0.2, 0.25) is 0 Å². The summed E-state index contributed by atoms with van der Waals surface area (Å²) in [6, 6.07) is 15.0. The molecule has 1 heterocycles. The summed E-state index contributed by atoms with van der Waals surface area (Å²) in [7, 11) is 0. The topological polar surface area (TPSA) is 64.0 Å². The van der Waals surface area contributed by atoms with Gasteiger partial charge in [0.25, 0.3) is 0 Å². The molecule has 2 aromatic carbocycles. The molecule has 2 N–H and O–H groups in total. The average molecular weight is 323 g/mol. The largest absolute Gasteiger partial charge is 0.461 e. The minimum absolute atomic E-state index is 0.443. The molecular formula is C19H18FN3O. The van der Waals surface area contributed by atoms with E-state index in [-0.39, 0.29) is 0 Å². The molecule has 1 atom stereocenters. The first-order valence-electron chi connectivity index (χ1n) is 7.78. The van der Waals surface area contributed by atoms with E-state index in [1.54, 1.807) is 18.2 Å². The van der Waals surface area contributed by atoms with Gasteiger partial charge in [-0.25, -0.2) is 4.39 Å². The number of nitrogens with zero attached hydrogens (tertiary/aromatic N) is 2. The van der Waals surface area contributed by atoms with Crippen molar-refractivity contribution in [3.8, 4) is 23.1 Å². The van der Waals surface area contributed by atoms with Crippen LogP contribution in [0.5, 0.6) is 5.75 Å². The molecule has 3 rings (SSSR count). The Kier molecular flexibility index (Phi) is 4.13. The Morgan fingerprint density at radius 2 is 1.96 bits per heavy atom. The number of fused-ring (bicyclic) bond motifs is 1. The van der Waals surface area contributed by atoms with Crippen molar-refractivity contribution in [1.82, 2.24) is 4.57 Å². The molecule has 0 saturated carbocycles. The number of ether oxygens (including phenoxy) is 1. The Bertz CT molecular complexity index is 920. The number of nitrogen functional groups attached to an aromatic ring is 1. The Morgan fingerprint density at radius 1 is 1.25 bits per heavy atom. The molecule has 4 nitrogen and oxygen atoms in total. The lowest BCUT2D eigenvalue weighted by Crippen LogP contribution is -2.04. The van der Waals surface area contributed by atoms with E-state index in [4.69, 9.17) is 10.5 Å². The zero-order valence-electron chi connectivity index (χ0n) is 13.6. The van der Waals surface area contributed by atoms with E-state index in [1.807, 2.05) is 35.8 Å². The fourth-order valence-corrected chi connectivity index (χ4v) is 2.97. The summed E-state index contributed by atoms with van der Waals surface area (Å²) >= 11 is 0. The van der Waals surface area contributed by atoms with Gasteiger partial charge in [0.1, 0.15) is 11.8 Å². The van der Waals surface area contributed by atoms with E-state index in [0.29, 0.717) is 23.5 Å². The Balaban J connectivity index is 2.28. The van der Waals surface area contributed by atoms with Crippen LogP contribution in [0.15, 0.2) is 42.5 Å². The number of anilines is 1. The molecule has 0 saturated heterocycles. The van der Waals surface area contributed by atoms with Gasteiger partial charge in [-0.2, -0.15) is 5.26 Å². The standard InChI is InChI=1S/C19H18FN3O/c1-3-23-18-10-15(24-12(2)20)8-9-16(18)17(11-21)19(23)13-4-6-14(22)7-5-13/h4-10,12H,3,22H2,1-2H3. The van der Waals surface area contributed by atoms with Crippen LogP contribution in [0.4, 0.5) is 10.1 Å². The molecular weight excluding hydrogens is 305 g/mol. The lowest BCUT2D eigenvalue weighted by molar-refractivity contribution is 0.0862. The third-order valence-corrected chi connectivity index (χ3v) is 3.95. The van der Waals surface area contributed by atoms with Crippen molar-refractivity contribution < 1.29 is 9.13 Å². The monoisotopic (exact) mass is 323 g/mol. The van der Waals surface area contributed by atoms with Crippen molar-refractivity contribution in [2.24, 2.45) is 0 Å². The number of hydrogen-bond donors (Lipinski definition) is 1. The van der Waals surface area contributed by atoms with E-state index < -0.39 is 6.36 Å². The van der Waals surface area contributed by atoms with E-state index in [2.05, 4.69) is 6.07 Å². The van der Waals surface area contributed by atoms with Crippen molar-refractivity contribution in [2.45, 2.75) is 26.7 Å². The average Bonchev–Trinajstić information content (AvgIpc) is 2.87. The smallest absolute Gasteiger partial charge is 0.235 e. The van der Waals surface area contributed by atoms with Gasteiger partial charge in [-0.05, 0) is 36.8 Å². The number of nitrogens with two attached hydrogens (primary N) is 1. The van der Waals surface area contributed by atoms with Crippen LogP contribution in [0.1, 0.15) is 19.4 Å². The molecule has 24 heavy (non-hydrogen) atoms. The molecule has 0 spiro atoms. The number of nitriles is 1. The SMILES string of the molecule is CCn1c(-c2ccc(N)cc2)c(C#N)c2ccc(OC(C)F)cc21. The normalized spacial score (nSPS) is 12.1. The van der Waals surface area contributed by atoms with Gasteiger partial charge in [0, 0.05) is 30.6 Å². The minimum Gasteiger partial charge on any atom is -0.461 e. The molecule has 0 bridgehead atoms. The maximum Gasteiger partial charge on any atom is 0.235 e. The maximum absolute atomic E-state index is 13.1. The van der Waals surface area contributed by atoms with Gasteiger partial charge in [0.05, 0.1) is 16.8 Å². The summed E-state index contributed by atoms with van der Waals surface area (Å²) in [5.41, 5.74) is 9.62. The van der Waals surface area contributed by atoms with Gasteiger partial charge in [0.15, 0.2) is 0 Å². The van der Waals surface area contributed by atoms with Crippen LogP contribution in [-0.2, 0) is 6.54 Å². The van der Waals surface area contributed by atoms with Crippen LogP contribution in [0.25, 0.3) is 22.2 Å². The second-order valence-electron chi connectivity index (χ2n) is 5.54. The van der Waals surface area contributed by atoms with Crippen molar-refractivity contribution in [3.05, 3.63) is 48.0 Å². The number of hydrogen-bond acceptors (Lipinski definition) is 3. The van der Waals surface area contributed by atoms with Crippen LogP contribution < -0.4 is 10.5 Å². The van der Waals surface area contributed by atoms with Gasteiger partial charge in [-0.3, -0.25) is 0 Å². The van der Waals surface area contributed by atoms with Gasteiger partial charge in [-0.1, -0.05) is 12.1 Å². The van der Waals surface area contributed by atoms with Crippen molar-refractivity contribution in [2.75, 3.05) is 5.73 Å². The summed E-state index contributed by atoms with van der Waals surface area (Å²) in [6.45, 7) is 4.02. The predicted octanol–water partition coefficient (Wildman–Crippen LogP) is 4.48. The highest BCUT2D eigenvalue weighted by atomic mass is 19.1. The molecule has 0 amide bonds. The molecule has 0 aliphatic carbocycles. The number of benzene rings is 2. The molecule has 122 valence electrons. The molecule has 0 aliphatic heterocycles. The summed E-state index contributed by atoms with van der Waals surface area (Å²) < 4.78 is 20.3. The maximum atomic E-state index is 13.1. The summed E-state index contributed by atoms with van der Waals surface area (Å²) in [5, 5.41) is 10.5. The lowest BCUT2D eigenvalue weighted by atomic mass is 10.1. The van der Waals surface area contributed by atoms with E-state index in [9.17, 15) is 9.65 Å². The molecule has 5 heteroatoms. The summed E-state index contributed by atoms with van der Waals surface area (Å²) in [4.78, 5) is 0. The number of alkyl halides is 1. The minimum atomic E-state index is -1.39. The first-order chi connectivity index (χ1) is 11.5. The molecule has 0 aliphatic rings. The van der Waals surface area contributed by atoms with E-state index >= 15 is 0 Å². The molecule has 0 fully saturated rings. The molecule has 1 aromatic heterocycles. The predicted molar refractivity (Wildman–Crippen MR) is 93.4 cm³/mol. The fraction of sp³-hybridized carbons (Fsp3) is 0.211. The number of halogens is 1. The fourth-order valence-electron chi connectivity index (χ4n) is 2.97. The third-order valence-electron chi connectivity index (χ3n) is 3.95. The molecule has 3 aromatic rings. The van der Waals surface area contributed by atoms with Gasteiger partial charge >= 0.3 is 0 Å². The number of aryl methyl sites for hydroxylation is 1. The first kappa shape index (κ1) is 15.9. The highest BCUT2D eigenvalue weighted by Gasteiger charge is 2.18. The highest BCUT2D eigenvalue weighted by molar-refractivity contribution is 5.95. The Morgan fingerprint density at radius 3 is 2.54 bits per heavy atom. The third kappa shape index (κ3) is 2.67. The number of rotatable bonds is 4. The summed E-state index contributed by atoms with van der Waals surface area (Å²) in [5.74, 6) is 0.443. The van der Waals surface area contributed by atoms with E-state index in [1.165, 1.54) is 6.92 Å². The Labute approximate surface area is 139 Å². The second kappa shape index (κ2) is 6.25. The van der Waals surface area contributed by atoms with Gasteiger partial charge in [-0.15, -0.1) is 0 Å². The zero-order valence-corrected chi connectivity index (χ0v) is 13.6. The van der Waals surface area contributed by atoms with Crippen molar-refractivity contribution in [1.29, 1.82) is 5.26 Å². The van der Waals surface area contributed by atoms with Crippen LogP contribution >= 0.6 is 0 Å². The highest BCUT2D eigenvalue weighted by Crippen LogP contribution is 2.35. The molecule has 0 radical (unpaired) electrons. The summed E-state index contributed by atoms with van der Waals surface area (Å²) in [6.07, 6.45) is -1.39. The van der Waals surface area contributed by atoms with Crippen LogP contribution in [0, 0.1) is 11.3 Å². The van der Waals surface area contributed by atoms with Gasteiger partial charge in [0.2, 0.25) is 6.36 Å². The lowest BCUT2D eigenvalue weighted by Gasteiger charge is -2.10. The van der Waals surface area contributed by atoms with Gasteiger partial charge < -0.3 is 15.0 Å². The second-order valence-corrected chi connectivity index (χ2v) is 5.54. The van der Waals surface area contributed by atoms with Crippen LogP contribution in [0.3, 0.4) is 0 Å². The number of aromatic nitrogens is 1. The van der Waals surface area contributed by atoms with Crippen molar-refractivity contribution in [3.63, 3.8) is 0 Å². The zero-order chi connectivity index (χ0) is 17.3. The van der Waals surface area contributed by atoms with Crippen LogP contribution in [-0.4, -0.2) is 10.9 Å². The Hall–Kier alpha value is -3.00. The van der Waals surface area contributed by atoms with E-state index in [0.717, 1.165) is 22.2 Å².